The molecule has 148 valence electrons. The number of benzene rings is 1. The Hall–Kier alpha value is -2.84. The number of non-ortho nitro benzene ring substituents is 1. The first-order valence-electron chi connectivity index (χ1n) is 8.61. The van der Waals surface area contributed by atoms with Gasteiger partial charge in [-0.15, -0.1) is 0 Å². The van der Waals surface area contributed by atoms with Gasteiger partial charge < -0.3 is 19.1 Å². The summed E-state index contributed by atoms with van der Waals surface area (Å²) in [4.78, 5) is 35.9. The molecule has 1 aromatic rings. The third-order valence-corrected chi connectivity index (χ3v) is 3.89. The summed E-state index contributed by atoms with van der Waals surface area (Å²) in [6.07, 6.45) is -0.166. The summed E-state index contributed by atoms with van der Waals surface area (Å²) in [5.74, 6) is 0.133. The van der Waals surface area contributed by atoms with Gasteiger partial charge >= 0.3 is 12.2 Å². The molecular formula is C18H24N2O7. The second-order valence-corrected chi connectivity index (χ2v) is 7.66. The lowest BCUT2D eigenvalue weighted by Gasteiger charge is -2.39. The minimum Gasteiger partial charge on any atom is -0.444 e. The minimum absolute atomic E-state index is 0.108. The number of amides is 1. The van der Waals surface area contributed by atoms with Crippen molar-refractivity contribution in [1.82, 2.24) is 4.90 Å². The highest BCUT2D eigenvalue weighted by molar-refractivity contribution is 5.69. The summed E-state index contributed by atoms with van der Waals surface area (Å²) >= 11 is 0. The molecule has 2 rings (SSSR count). The quantitative estimate of drug-likeness (QED) is 0.338. The van der Waals surface area contributed by atoms with E-state index in [4.69, 9.17) is 14.2 Å². The Labute approximate surface area is 157 Å². The third-order valence-electron chi connectivity index (χ3n) is 3.89. The van der Waals surface area contributed by atoms with Gasteiger partial charge in [-0.1, -0.05) is 0 Å². The first kappa shape index (κ1) is 20.5. The van der Waals surface area contributed by atoms with E-state index in [1.165, 1.54) is 29.2 Å². The van der Waals surface area contributed by atoms with Crippen LogP contribution in [0, 0.1) is 10.1 Å². The van der Waals surface area contributed by atoms with E-state index in [1.807, 2.05) is 0 Å². The average molecular weight is 380 g/mol. The zero-order valence-corrected chi connectivity index (χ0v) is 15.9. The summed E-state index contributed by atoms with van der Waals surface area (Å²) in [7, 11) is 0. The Morgan fingerprint density at radius 1 is 1.22 bits per heavy atom. The Morgan fingerprint density at radius 3 is 2.41 bits per heavy atom. The molecule has 0 radical (unpaired) electrons. The van der Waals surface area contributed by atoms with Crippen LogP contribution in [0.25, 0.3) is 0 Å². The number of nitro benzene ring substituents is 1. The maximum absolute atomic E-state index is 12.2. The number of ether oxygens (including phenoxy) is 3. The van der Waals surface area contributed by atoms with Crippen LogP contribution in [0.5, 0.6) is 5.75 Å². The van der Waals surface area contributed by atoms with Crippen molar-refractivity contribution < 1.29 is 28.7 Å². The summed E-state index contributed by atoms with van der Waals surface area (Å²) < 4.78 is 15.9. The number of nitro groups is 1. The maximum atomic E-state index is 12.2. The average Bonchev–Trinajstić information content (AvgIpc) is 2.53. The molecule has 1 atom stereocenters. The lowest BCUT2D eigenvalue weighted by atomic mass is 9.95. The predicted molar refractivity (Wildman–Crippen MR) is 95.7 cm³/mol. The molecule has 0 N–H and O–H groups in total. The fraction of sp³-hybridized carbons (Fsp3) is 0.556. The molecule has 0 saturated carbocycles. The molecule has 0 spiro atoms. The van der Waals surface area contributed by atoms with Gasteiger partial charge in [-0.3, -0.25) is 10.1 Å². The van der Waals surface area contributed by atoms with Gasteiger partial charge in [0, 0.05) is 18.7 Å². The minimum atomic E-state index is -0.933. The van der Waals surface area contributed by atoms with E-state index in [0.717, 1.165) is 0 Å². The first-order chi connectivity index (χ1) is 12.5. The summed E-state index contributed by atoms with van der Waals surface area (Å²) in [5, 5.41) is 10.6. The summed E-state index contributed by atoms with van der Waals surface area (Å²) in [6.45, 7) is 7.79. The van der Waals surface area contributed by atoms with Gasteiger partial charge in [0.1, 0.15) is 17.0 Å². The molecule has 0 aromatic heterocycles. The Kier molecular flexibility index (Phi) is 5.92. The molecule has 1 saturated heterocycles. The van der Waals surface area contributed by atoms with E-state index in [-0.39, 0.29) is 18.0 Å². The van der Waals surface area contributed by atoms with Gasteiger partial charge in [0.25, 0.3) is 5.69 Å². The smallest absolute Gasteiger partial charge is 0.444 e. The highest BCUT2D eigenvalue weighted by Gasteiger charge is 2.38. The lowest BCUT2D eigenvalue weighted by molar-refractivity contribution is -0.384. The highest BCUT2D eigenvalue weighted by Crippen LogP contribution is 2.27. The van der Waals surface area contributed by atoms with Crippen LogP contribution in [0.4, 0.5) is 15.3 Å². The van der Waals surface area contributed by atoms with Crippen LogP contribution in [0.15, 0.2) is 24.3 Å². The number of piperidine rings is 1. The fourth-order valence-corrected chi connectivity index (χ4v) is 2.73. The molecule has 9 nitrogen and oxygen atoms in total. The predicted octanol–water partition coefficient (Wildman–Crippen LogP) is 3.90. The van der Waals surface area contributed by atoms with Crippen LogP contribution in [0.3, 0.4) is 0 Å². The molecule has 1 unspecified atom stereocenters. The number of likely N-dealkylation sites (tertiary alicyclic amines) is 1. The van der Waals surface area contributed by atoms with Crippen molar-refractivity contribution >= 4 is 17.9 Å². The van der Waals surface area contributed by atoms with E-state index in [9.17, 15) is 19.7 Å². The molecule has 0 bridgehead atoms. The van der Waals surface area contributed by atoms with E-state index < -0.39 is 28.4 Å². The van der Waals surface area contributed by atoms with E-state index in [0.29, 0.717) is 19.4 Å². The van der Waals surface area contributed by atoms with E-state index >= 15 is 0 Å². The summed E-state index contributed by atoms with van der Waals surface area (Å²) in [5.41, 5.74) is -1.63. The van der Waals surface area contributed by atoms with Crippen molar-refractivity contribution in [3.8, 4) is 5.75 Å². The van der Waals surface area contributed by atoms with Crippen LogP contribution in [-0.4, -0.2) is 46.4 Å². The molecule has 1 fully saturated rings. The van der Waals surface area contributed by atoms with Crippen LogP contribution in [0.1, 0.15) is 40.5 Å². The van der Waals surface area contributed by atoms with E-state index in [1.54, 1.807) is 27.7 Å². The number of hydrogen-bond acceptors (Lipinski definition) is 7. The second-order valence-electron chi connectivity index (χ2n) is 7.66. The molecule has 1 aromatic carbocycles. The molecule has 1 aliphatic heterocycles. The third kappa shape index (κ3) is 6.12. The standard InChI is InChI=1S/C18H24N2O7/c1-17(2,3)26-15(21)19-11-5-10-18(4,12-19)27-16(22)25-14-8-6-13(7-9-14)20(23)24/h6-9H,5,10-12H2,1-4H3. The van der Waals surface area contributed by atoms with E-state index in [2.05, 4.69) is 0 Å². The van der Waals surface area contributed by atoms with Crippen LogP contribution in [0.2, 0.25) is 0 Å². The molecular weight excluding hydrogens is 356 g/mol. The number of carbonyl (C=O) groups excluding carboxylic acids is 2. The van der Waals surface area contributed by atoms with Crippen molar-refractivity contribution in [1.29, 1.82) is 0 Å². The Bertz CT molecular complexity index is 711. The maximum Gasteiger partial charge on any atom is 0.514 e. The van der Waals surface area contributed by atoms with Crippen molar-refractivity contribution in [2.24, 2.45) is 0 Å². The molecule has 0 aliphatic carbocycles. The first-order valence-corrected chi connectivity index (χ1v) is 8.61. The van der Waals surface area contributed by atoms with Gasteiger partial charge in [-0.2, -0.15) is 0 Å². The summed E-state index contributed by atoms with van der Waals surface area (Å²) in [6, 6.07) is 5.09. The van der Waals surface area contributed by atoms with Crippen LogP contribution in [-0.2, 0) is 9.47 Å². The largest absolute Gasteiger partial charge is 0.514 e. The Balaban J connectivity index is 1.95. The monoisotopic (exact) mass is 380 g/mol. The van der Waals surface area contributed by atoms with Crippen LogP contribution < -0.4 is 4.74 Å². The zero-order chi connectivity index (χ0) is 20.2. The molecule has 1 aliphatic rings. The van der Waals surface area contributed by atoms with Gasteiger partial charge in [-0.25, -0.2) is 9.59 Å². The molecule has 9 heteroatoms. The Morgan fingerprint density at radius 2 is 1.85 bits per heavy atom. The molecule has 1 heterocycles. The van der Waals surface area contributed by atoms with Crippen molar-refractivity contribution in [2.45, 2.75) is 51.7 Å². The van der Waals surface area contributed by atoms with Gasteiger partial charge in [0.15, 0.2) is 0 Å². The van der Waals surface area contributed by atoms with Gasteiger partial charge in [0.2, 0.25) is 0 Å². The lowest BCUT2D eigenvalue weighted by Crippen LogP contribution is -2.52. The van der Waals surface area contributed by atoms with Crippen LogP contribution >= 0.6 is 0 Å². The number of carbonyl (C=O) groups is 2. The zero-order valence-electron chi connectivity index (χ0n) is 15.9. The van der Waals surface area contributed by atoms with Gasteiger partial charge in [0.05, 0.1) is 11.5 Å². The normalized spacial score (nSPS) is 19.9. The SMILES string of the molecule is CC(C)(C)OC(=O)N1CCCC(C)(OC(=O)Oc2ccc([N+](=O)[O-])cc2)C1. The highest BCUT2D eigenvalue weighted by atomic mass is 16.7. The number of nitrogens with zero attached hydrogens (tertiary/aromatic N) is 2. The number of hydrogen-bond donors (Lipinski definition) is 0. The number of rotatable bonds is 3. The van der Waals surface area contributed by atoms with Gasteiger partial charge in [-0.05, 0) is 52.7 Å². The fourth-order valence-electron chi connectivity index (χ4n) is 2.73. The molecule has 27 heavy (non-hydrogen) atoms. The van der Waals surface area contributed by atoms with Crippen molar-refractivity contribution in [3.05, 3.63) is 34.4 Å². The molecule has 1 amide bonds. The van der Waals surface area contributed by atoms with Crippen molar-refractivity contribution in [2.75, 3.05) is 13.1 Å². The topological polar surface area (TPSA) is 108 Å². The van der Waals surface area contributed by atoms with Crippen molar-refractivity contribution in [3.63, 3.8) is 0 Å². The second kappa shape index (κ2) is 7.81.